The van der Waals surface area contributed by atoms with Crippen molar-refractivity contribution < 1.29 is 9.32 Å². The van der Waals surface area contributed by atoms with Crippen molar-refractivity contribution in [2.45, 2.75) is 13.5 Å². The maximum atomic E-state index is 12.2. The van der Waals surface area contributed by atoms with Gasteiger partial charge in [0, 0.05) is 24.2 Å². The number of carbonyl (C=O) groups excluding carboxylic acids is 1. The molecule has 0 aliphatic carbocycles. The minimum absolute atomic E-state index is 0.118. The number of thiazole rings is 1. The third-order valence-corrected chi connectivity index (χ3v) is 5.42. The summed E-state index contributed by atoms with van der Waals surface area (Å²) >= 11 is 1.53. The second-order valence-electron chi connectivity index (χ2n) is 6.21. The van der Waals surface area contributed by atoms with E-state index in [0.29, 0.717) is 5.69 Å². The minimum Gasteiger partial charge on any atom is -0.351 e. The molecule has 3 heterocycles. The lowest BCUT2D eigenvalue weighted by atomic mass is 10.2. The van der Waals surface area contributed by atoms with E-state index in [4.69, 9.17) is 4.52 Å². The predicted molar refractivity (Wildman–Crippen MR) is 109 cm³/mol. The highest BCUT2D eigenvalue weighted by Crippen LogP contribution is 2.33. The molecular weight excluding hydrogens is 390 g/mol. The topological polar surface area (TPSA) is 103 Å². The van der Waals surface area contributed by atoms with Gasteiger partial charge in [-0.3, -0.25) is 9.59 Å². The number of hydrogen-bond donors (Lipinski definition) is 1. The zero-order chi connectivity index (χ0) is 20.2. The van der Waals surface area contributed by atoms with E-state index in [2.05, 4.69) is 20.6 Å². The molecule has 29 heavy (non-hydrogen) atoms. The van der Waals surface area contributed by atoms with Gasteiger partial charge < -0.3 is 9.84 Å². The van der Waals surface area contributed by atoms with Crippen LogP contribution in [-0.2, 0) is 6.54 Å². The van der Waals surface area contributed by atoms with E-state index in [1.165, 1.54) is 34.3 Å². The van der Waals surface area contributed by atoms with Crippen LogP contribution in [0.15, 0.2) is 64.0 Å². The third kappa shape index (κ3) is 4.14. The Labute approximate surface area is 169 Å². The summed E-state index contributed by atoms with van der Waals surface area (Å²) in [5.74, 6) is -0.273. The van der Waals surface area contributed by atoms with Crippen LogP contribution in [0.3, 0.4) is 0 Å². The summed E-state index contributed by atoms with van der Waals surface area (Å²) < 4.78 is 6.13. The van der Waals surface area contributed by atoms with Crippen LogP contribution in [0.1, 0.15) is 16.2 Å². The summed E-state index contributed by atoms with van der Waals surface area (Å²) in [6.07, 6.45) is 1.39. The van der Waals surface area contributed by atoms with E-state index < -0.39 is 5.91 Å². The molecule has 0 bridgehead atoms. The van der Waals surface area contributed by atoms with Crippen molar-refractivity contribution in [1.82, 2.24) is 25.2 Å². The Balaban J connectivity index is 1.52. The fourth-order valence-corrected chi connectivity index (χ4v) is 3.80. The molecule has 4 rings (SSSR count). The minimum atomic E-state index is -0.391. The Morgan fingerprint density at radius 1 is 1.17 bits per heavy atom. The van der Waals surface area contributed by atoms with E-state index in [1.54, 1.807) is 6.07 Å². The van der Waals surface area contributed by atoms with Gasteiger partial charge in [0.1, 0.15) is 10.7 Å². The van der Waals surface area contributed by atoms with Crippen LogP contribution in [-0.4, -0.2) is 32.4 Å². The summed E-state index contributed by atoms with van der Waals surface area (Å²) in [7, 11) is 0. The van der Waals surface area contributed by atoms with E-state index in [9.17, 15) is 9.59 Å². The molecular formula is C20H17N5O3S. The molecule has 0 saturated heterocycles. The monoisotopic (exact) mass is 407 g/mol. The van der Waals surface area contributed by atoms with Gasteiger partial charge in [-0.1, -0.05) is 35.5 Å². The molecule has 146 valence electrons. The van der Waals surface area contributed by atoms with Crippen molar-refractivity contribution in [1.29, 1.82) is 0 Å². The van der Waals surface area contributed by atoms with Gasteiger partial charge in [-0.2, -0.15) is 5.10 Å². The number of amides is 1. The standard InChI is InChI=1S/C20H17N5O3S/c1-13-18(29-20(23-13)14-5-3-2-4-6-14)15-7-8-17(26)25(24-15)12-11-21-19(27)16-9-10-22-28-16/h2-10H,11-12H2,1H3,(H,21,27). The Bertz CT molecular complexity index is 1180. The summed E-state index contributed by atoms with van der Waals surface area (Å²) in [5, 5.41) is 11.5. The highest BCUT2D eigenvalue weighted by Gasteiger charge is 2.14. The van der Waals surface area contributed by atoms with Crippen molar-refractivity contribution in [2.75, 3.05) is 6.54 Å². The maximum Gasteiger partial charge on any atom is 0.289 e. The first-order chi connectivity index (χ1) is 14.1. The second kappa shape index (κ2) is 8.19. The Kier molecular flexibility index (Phi) is 5.30. The molecule has 0 aliphatic heterocycles. The highest BCUT2D eigenvalue weighted by molar-refractivity contribution is 7.18. The number of nitrogens with one attached hydrogen (secondary N) is 1. The number of rotatable bonds is 6. The van der Waals surface area contributed by atoms with Crippen molar-refractivity contribution >= 4 is 17.2 Å². The average molecular weight is 407 g/mol. The summed E-state index contributed by atoms with van der Waals surface area (Å²) in [6.45, 7) is 2.38. The number of benzene rings is 1. The average Bonchev–Trinajstić information content (AvgIpc) is 3.40. The molecule has 3 aromatic heterocycles. The lowest BCUT2D eigenvalue weighted by Crippen LogP contribution is -2.31. The molecule has 0 unspecified atom stereocenters. The van der Waals surface area contributed by atoms with Crippen LogP contribution < -0.4 is 10.9 Å². The molecule has 8 nitrogen and oxygen atoms in total. The number of hydrogen-bond acceptors (Lipinski definition) is 7. The normalized spacial score (nSPS) is 10.8. The first kappa shape index (κ1) is 18.8. The largest absolute Gasteiger partial charge is 0.351 e. The number of aromatic nitrogens is 4. The van der Waals surface area contributed by atoms with Gasteiger partial charge >= 0.3 is 0 Å². The SMILES string of the molecule is Cc1nc(-c2ccccc2)sc1-c1ccc(=O)n(CCNC(=O)c2ccno2)n1. The second-order valence-corrected chi connectivity index (χ2v) is 7.21. The van der Waals surface area contributed by atoms with E-state index in [1.807, 2.05) is 37.3 Å². The van der Waals surface area contributed by atoms with Crippen molar-refractivity contribution in [2.24, 2.45) is 0 Å². The Morgan fingerprint density at radius 2 is 2.00 bits per heavy atom. The van der Waals surface area contributed by atoms with E-state index in [0.717, 1.165) is 21.1 Å². The van der Waals surface area contributed by atoms with Crippen LogP contribution in [0.2, 0.25) is 0 Å². The lowest BCUT2D eigenvalue weighted by molar-refractivity contribution is 0.0915. The molecule has 0 aliphatic rings. The quantitative estimate of drug-likeness (QED) is 0.527. The number of nitrogens with zero attached hydrogens (tertiary/aromatic N) is 4. The number of carbonyl (C=O) groups is 1. The molecule has 1 aromatic carbocycles. The van der Waals surface area contributed by atoms with Gasteiger partial charge in [-0.25, -0.2) is 9.67 Å². The summed E-state index contributed by atoms with van der Waals surface area (Å²) in [5.41, 5.74) is 2.32. The van der Waals surface area contributed by atoms with Gasteiger partial charge in [-0.05, 0) is 13.0 Å². The molecule has 0 fully saturated rings. The predicted octanol–water partition coefficient (Wildman–Crippen LogP) is 2.76. The van der Waals surface area contributed by atoms with Gasteiger partial charge in [0.25, 0.3) is 11.5 Å². The first-order valence-corrected chi connectivity index (χ1v) is 9.74. The van der Waals surface area contributed by atoms with Gasteiger partial charge in [0.05, 0.1) is 23.3 Å². The van der Waals surface area contributed by atoms with Crippen LogP contribution in [0, 0.1) is 6.92 Å². The molecule has 0 atom stereocenters. The Hall–Kier alpha value is -3.59. The molecule has 0 saturated carbocycles. The number of aryl methyl sites for hydroxylation is 1. The van der Waals surface area contributed by atoms with Gasteiger partial charge in [0.15, 0.2) is 0 Å². The zero-order valence-electron chi connectivity index (χ0n) is 15.5. The van der Waals surface area contributed by atoms with E-state index in [-0.39, 0.29) is 24.4 Å². The molecule has 9 heteroatoms. The summed E-state index contributed by atoms with van der Waals surface area (Å²) in [4.78, 5) is 29.6. The molecule has 4 aromatic rings. The zero-order valence-corrected chi connectivity index (χ0v) is 16.3. The van der Waals surface area contributed by atoms with Crippen LogP contribution in [0.25, 0.3) is 21.1 Å². The van der Waals surface area contributed by atoms with Crippen LogP contribution >= 0.6 is 11.3 Å². The fourth-order valence-electron chi connectivity index (χ4n) is 2.76. The first-order valence-electron chi connectivity index (χ1n) is 8.92. The molecule has 0 spiro atoms. The summed E-state index contributed by atoms with van der Waals surface area (Å²) in [6, 6.07) is 14.6. The van der Waals surface area contributed by atoms with Gasteiger partial charge in [0.2, 0.25) is 5.76 Å². The van der Waals surface area contributed by atoms with Crippen LogP contribution in [0.5, 0.6) is 0 Å². The van der Waals surface area contributed by atoms with Gasteiger partial charge in [-0.15, -0.1) is 11.3 Å². The van der Waals surface area contributed by atoms with Crippen molar-refractivity contribution in [3.63, 3.8) is 0 Å². The van der Waals surface area contributed by atoms with Crippen LogP contribution in [0.4, 0.5) is 0 Å². The van der Waals surface area contributed by atoms with Crippen molar-refractivity contribution in [3.05, 3.63) is 76.5 Å². The van der Waals surface area contributed by atoms with E-state index >= 15 is 0 Å². The molecule has 1 amide bonds. The molecule has 0 radical (unpaired) electrons. The lowest BCUT2D eigenvalue weighted by Gasteiger charge is -2.07. The third-order valence-electron chi connectivity index (χ3n) is 4.19. The van der Waals surface area contributed by atoms with Crippen molar-refractivity contribution in [3.8, 4) is 21.1 Å². The Morgan fingerprint density at radius 3 is 2.76 bits per heavy atom. The fraction of sp³-hybridized carbons (Fsp3) is 0.150. The highest BCUT2D eigenvalue weighted by atomic mass is 32.1. The smallest absolute Gasteiger partial charge is 0.289 e. The molecule has 1 N–H and O–H groups in total. The maximum absolute atomic E-state index is 12.2.